The highest BCUT2D eigenvalue weighted by atomic mass is 16.3. The molecule has 6 nitrogen and oxygen atoms in total. The molecule has 194 valence electrons. The van der Waals surface area contributed by atoms with Crippen LogP contribution in [0.15, 0.2) is 83.7 Å². The second-order valence-electron chi connectivity index (χ2n) is 10.1. The number of amides is 1. The molecule has 0 bridgehead atoms. The standard InChI is InChI=1S/C32H34N4O2/c1-35(2)30-17-16-28(22-34-30)26-14-11-25(12-15-26)23-36(32(37)27-8-4-3-5-9-27)29-10-6-7-24(21-29)13-18-31-33-19-20-38-31/h6-7,10-22,27H,3-5,8-9,23H2,1-2H3. The van der Waals surface area contributed by atoms with Gasteiger partial charge in [-0.1, -0.05) is 55.7 Å². The molecule has 0 saturated heterocycles. The van der Waals surface area contributed by atoms with Crippen LogP contribution in [0.5, 0.6) is 0 Å². The number of aromatic nitrogens is 2. The molecule has 0 spiro atoms. The second-order valence-corrected chi connectivity index (χ2v) is 10.1. The van der Waals surface area contributed by atoms with E-state index in [0.29, 0.717) is 12.4 Å². The van der Waals surface area contributed by atoms with Gasteiger partial charge in [-0.2, -0.15) is 0 Å². The van der Waals surface area contributed by atoms with Crippen LogP contribution < -0.4 is 9.80 Å². The van der Waals surface area contributed by atoms with Crippen molar-refractivity contribution in [3.63, 3.8) is 0 Å². The lowest BCUT2D eigenvalue weighted by Gasteiger charge is -2.30. The van der Waals surface area contributed by atoms with Crippen molar-refractivity contribution in [1.29, 1.82) is 0 Å². The summed E-state index contributed by atoms with van der Waals surface area (Å²) in [7, 11) is 3.97. The number of nitrogens with zero attached hydrogens (tertiary/aromatic N) is 4. The zero-order valence-corrected chi connectivity index (χ0v) is 22.1. The van der Waals surface area contributed by atoms with Crippen molar-refractivity contribution in [1.82, 2.24) is 9.97 Å². The lowest BCUT2D eigenvalue weighted by Crippen LogP contribution is -2.36. The van der Waals surface area contributed by atoms with Crippen LogP contribution in [0.1, 0.15) is 49.1 Å². The number of hydrogen-bond acceptors (Lipinski definition) is 5. The predicted molar refractivity (Wildman–Crippen MR) is 154 cm³/mol. The van der Waals surface area contributed by atoms with Gasteiger partial charge < -0.3 is 14.2 Å². The van der Waals surface area contributed by atoms with Crippen molar-refractivity contribution in [2.24, 2.45) is 5.92 Å². The molecule has 4 aromatic rings. The fraction of sp³-hybridized carbons (Fsp3) is 0.281. The summed E-state index contributed by atoms with van der Waals surface area (Å²) in [4.78, 5) is 26.4. The topological polar surface area (TPSA) is 62.5 Å². The molecule has 2 aromatic carbocycles. The summed E-state index contributed by atoms with van der Waals surface area (Å²) in [6, 6.07) is 20.7. The van der Waals surface area contributed by atoms with Gasteiger partial charge in [0.05, 0.1) is 12.7 Å². The third-order valence-electron chi connectivity index (χ3n) is 7.11. The van der Waals surface area contributed by atoms with E-state index < -0.39 is 0 Å². The molecule has 0 N–H and O–H groups in total. The van der Waals surface area contributed by atoms with Crippen LogP contribution in [-0.4, -0.2) is 30.0 Å². The Morgan fingerprint density at radius 1 is 0.947 bits per heavy atom. The lowest BCUT2D eigenvalue weighted by molar-refractivity contribution is -0.123. The van der Waals surface area contributed by atoms with Crippen LogP contribution in [0.4, 0.5) is 11.5 Å². The van der Waals surface area contributed by atoms with Gasteiger partial charge >= 0.3 is 0 Å². The van der Waals surface area contributed by atoms with Crippen molar-refractivity contribution in [3.8, 4) is 11.1 Å². The van der Waals surface area contributed by atoms with Crippen molar-refractivity contribution >= 4 is 29.6 Å². The van der Waals surface area contributed by atoms with Crippen LogP contribution in [0.25, 0.3) is 23.3 Å². The SMILES string of the molecule is CN(C)c1ccc(-c2ccc(CN(C(=O)C3CCCCC3)c3cccc(C=Cc4ncco4)c3)cc2)cn1. The number of anilines is 2. The first kappa shape index (κ1) is 25.5. The van der Waals surface area contributed by atoms with E-state index in [1.165, 1.54) is 6.42 Å². The zero-order valence-electron chi connectivity index (χ0n) is 22.1. The third kappa shape index (κ3) is 6.20. The molecule has 2 heterocycles. The van der Waals surface area contributed by atoms with Crippen molar-refractivity contribution in [3.05, 3.63) is 96.3 Å². The molecular formula is C32H34N4O2. The van der Waals surface area contributed by atoms with Gasteiger partial charge in [-0.3, -0.25) is 4.79 Å². The fourth-order valence-corrected chi connectivity index (χ4v) is 4.95. The fourth-order valence-electron chi connectivity index (χ4n) is 4.95. The van der Waals surface area contributed by atoms with E-state index in [2.05, 4.69) is 46.4 Å². The van der Waals surface area contributed by atoms with E-state index >= 15 is 0 Å². The molecule has 1 saturated carbocycles. The van der Waals surface area contributed by atoms with Crippen LogP contribution in [0.2, 0.25) is 0 Å². The minimum Gasteiger partial charge on any atom is -0.445 e. The first-order valence-corrected chi connectivity index (χ1v) is 13.3. The molecule has 38 heavy (non-hydrogen) atoms. The summed E-state index contributed by atoms with van der Waals surface area (Å²) in [6.07, 6.45) is 14.3. The van der Waals surface area contributed by atoms with Gasteiger partial charge in [0, 0.05) is 43.5 Å². The number of oxazole rings is 1. The highest BCUT2D eigenvalue weighted by Gasteiger charge is 2.27. The van der Waals surface area contributed by atoms with Crippen LogP contribution in [0.3, 0.4) is 0 Å². The predicted octanol–water partition coefficient (Wildman–Crippen LogP) is 7.09. The Balaban J connectivity index is 1.39. The number of hydrogen-bond donors (Lipinski definition) is 0. The Morgan fingerprint density at radius 2 is 1.74 bits per heavy atom. The van der Waals surface area contributed by atoms with E-state index in [1.807, 2.05) is 66.5 Å². The van der Waals surface area contributed by atoms with Gasteiger partial charge in [0.2, 0.25) is 11.8 Å². The van der Waals surface area contributed by atoms with Gasteiger partial charge in [0.15, 0.2) is 0 Å². The molecule has 0 aliphatic heterocycles. The van der Waals surface area contributed by atoms with E-state index in [1.54, 1.807) is 12.5 Å². The Hall–Kier alpha value is -4.19. The summed E-state index contributed by atoms with van der Waals surface area (Å²) >= 11 is 0. The van der Waals surface area contributed by atoms with E-state index in [4.69, 9.17) is 4.42 Å². The normalized spacial score (nSPS) is 14.1. The molecule has 0 unspecified atom stereocenters. The Morgan fingerprint density at radius 3 is 2.42 bits per heavy atom. The molecule has 6 heteroatoms. The van der Waals surface area contributed by atoms with Crippen molar-refractivity contribution < 1.29 is 9.21 Å². The lowest BCUT2D eigenvalue weighted by atomic mass is 9.88. The molecular weight excluding hydrogens is 472 g/mol. The number of carbonyl (C=O) groups is 1. The largest absolute Gasteiger partial charge is 0.445 e. The second kappa shape index (κ2) is 11.9. The van der Waals surface area contributed by atoms with Gasteiger partial charge in [-0.05, 0) is 59.9 Å². The first-order chi connectivity index (χ1) is 18.6. The summed E-state index contributed by atoms with van der Waals surface area (Å²) in [6.45, 7) is 0.528. The maximum Gasteiger partial charge on any atom is 0.230 e. The van der Waals surface area contributed by atoms with Crippen LogP contribution in [-0.2, 0) is 11.3 Å². The third-order valence-corrected chi connectivity index (χ3v) is 7.11. The minimum atomic E-state index is 0.0795. The van der Waals surface area contributed by atoms with Gasteiger partial charge in [0.25, 0.3) is 0 Å². The van der Waals surface area contributed by atoms with E-state index in [-0.39, 0.29) is 11.8 Å². The molecule has 1 aliphatic rings. The van der Waals surface area contributed by atoms with E-state index in [9.17, 15) is 4.79 Å². The first-order valence-electron chi connectivity index (χ1n) is 13.3. The molecule has 0 radical (unpaired) electrons. The number of rotatable bonds is 8. The Kier molecular flexibility index (Phi) is 7.98. The molecule has 2 aromatic heterocycles. The minimum absolute atomic E-state index is 0.0795. The molecule has 1 fully saturated rings. The smallest absolute Gasteiger partial charge is 0.230 e. The molecule has 1 aliphatic carbocycles. The van der Waals surface area contributed by atoms with Gasteiger partial charge in [0.1, 0.15) is 12.1 Å². The van der Waals surface area contributed by atoms with Crippen molar-refractivity contribution in [2.75, 3.05) is 23.9 Å². The molecule has 1 amide bonds. The number of pyridine rings is 1. The summed E-state index contributed by atoms with van der Waals surface area (Å²) in [5, 5.41) is 0. The quantitative estimate of drug-likeness (QED) is 0.255. The van der Waals surface area contributed by atoms with Crippen molar-refractivity contribution in [2.45, 2.75) is 38.6 Å². The van der Waals surface area contributed by atoms with Crippen LogP contribution >= 0.6 is 0 Å². The van der Waals surface area contributed by atoms with E-state index in [0.717, 1.165) is 59.4 Å². The summed E-state index contributed by atoms with van der Waals surface area (Å²) in [5.74, 6) is 1.78. The highest BCUT2D eigenvalue weighted by Crippen LogP contribution is 2.30. The average Bonchev–Trinajstić information content (AvgIpc) is 3.49. The maximum absolute atomic E-state index is 13.8. The highest BCUT2D eigenvalue weighted by molar-refractivity contribution is 5.95. The number of carbonyl (C=O) groups excluding carboxylic acids is 1. The zero-order chi connectivity index (χ0) is 26.3. The molecule has 0 atom stereocenters. The maximum atomic E-state index is 13.8. The Bertz CT molecular complexity index is 1350. The Labute approximate surface area is 224 Å². The summed E-state index contributed by atoms with van der Waals surface area (Å²) < 4.78 is 5.32. The average molecular weight is 507 g/mol. The number of benzene rings is 2. The summed E-state index contributed by atoms with van der Waals surface area (Å²) in [5.41, 5.74) is 5.17. The van der Waals surface area contributed by atoms with Gasteiger partial charge in [-0.25, -0.2) is 9.97 Å². The molecule has 5 rings (SSSR count). The monoisotopic (exact) mass is 506 g/mol. The van der Waals surface area contributed by atoms with Gasteiger partial charge in [-0.15, -0.1) is 0 Å². The van der Waals surface area contributed by atoms with Crippen LogP contribution in [0, 0.1) is 5.92 Å².